The first kappa shape index (κ1) is 28.6. The highest BCUT2D eigenvalue weighted by Gasteiger charge is 2.44. The van der Waals surface area contributed by atoms with Crippen LogP contribution < -0.4 is 9.47 Å². The van der Waals surface area contributed by atoms with E-state index in [0.29, 0.717) is 0 Å². The predicted octanol–water partition coefficient (Wildman–Crippen LogP) is 7.79. The molecule has 0 saturated heterocycles. The van der Waals surface area contributed by atoms with Crippen LogP contribution in [0.25, 0.3) is 0 Å². The summed E-state index contributed by atoms with van der Waals surface area (Å²) in [6.45, 7) is 0. The normalized spacial score (nSPS) is 12.0. The number of isocyanates is 1. The Balaban J connectivity index is 2.05. The van der Waals surface area contributed by atoms with Crippen LogP contribution in [0.3, 0.4) is 0 Å². The van der Waals surface area contributed by atoms with Gasteiger partial charge >= 0.3 is 0 Å². The number of rotatable bonds is 16. The first-order chi connectivity index (χ1) is 18.2. The smallest absolute Gasteiger partial charge is 0.235 e. The highest BCUT2D eigenvalue weighted by molar-refractivity contribution is 7.80. The third-order valence-electron chi connectivity index (χ3n) is 7.16. The topological polar surface area (TPSA) is 47.9 Å². The summed E-state index contributed by atoms with van der Waals surface area (Å²) in [5.74, 6) is 2.53. The minimum atomic E-state index is -0.677. The number of unbranched alkanes of at least 4 members (excludes halogenated alkanes) is 6. The second-order valence-electron chi connectivity index (χ2n) is 9.35. The van der Waals surface area contributed by atoms with E-state index in [1.807, 2.05) is 48.5 Å². The van der Waals surface area contributed by atoms with Gasteiger partial charge in [-0.15, -0.1) is 0 Å². The summed E-state index contributed by atoms with van der Waals surface area (Å²) in [6, 6.07) is 26.3. The molecule has 0 spiro atoms. The highest BCUT2D eigenvalue weighted by Crippen LogP contribution is 2.46. The van der Waals surface area contributed by atoms with Gasteiger partial charge in [0.25, 0.3) is 0 Å². The number of ether oxygens (including phenoxy) is 2. The van der Waals surface area contributed by atoms with Crippen molar-refractivity contribution in [1.29, 1.82) is 0 Å². The number of methoxy groups -OCH3 is 2. The molecule has 0 aliphatic heterocycles. The molecule has 0 N–H and O–H groups in total. The average molecular weight is 518 g/mol. The van der Waals surface area contributed by atoms with Gasteiger partial charge in [-0.25, -0.2) is 9.79 Å². The van der Waals surface area contributed by atoms with Crippen molar-refractivity contribution in [1.82, 2.24) is 0 Å². The molecule has 3 aromatic carbocycles. The van der Waals surface area contributed by atoms with Crippen LogP contribution in [-0.4, -0.2) is 32.1 Å². The van der Waals surface area contributed by atoms with Crippen molar-refractivity contribution in [2.75, 3.05) is 20.0 Å². The van der Waals surface area contributed by atoms with Gasteiger partial charge in [-0.1, -0.05) is 93.1 Å². The van der Waals surface area contributed by atoms with Gasteiger partial charge in [-0.3, -0.25) is 0 Å². The second-order valence-corrected chi connectivity index (χ2v) is 9.80. The Morgan fingerprint density at radius 1 is 0.703 bits per heavy atom. The van der Waals surface area contributed by atoms with Gasteiger partial charge in [0.05, 0.1) is 25.7 Å². The molecular formula is C32H39NO3S. The van der Waals surface area contributed by atoms with Gasteiger partial charge in [-0.2, -0.15) is 12.6 Å². The number of thiol groups is 1. The Morgan fingerprint density at radius 2 is 1.16 bits per heavy atom. The SMILES string of the molecule is COc1ccc(C(c2ccccc2)(c2ccc(OC)cc2)C(CCCCCCCCCS)N=C=O)cc1. The molecule has 0 radical (unpaired) electrons. The molecule has 0 aliphatic rings. The van der Waals surface area contributed by atoms with Gasteiger partial charge in [-0.05, 0) is 59.6 Å². The lowest BCUT2D eigenvalue weighted by atomic mass is 9.63. The van der Waals surface area contributed by atoms with Crippen molar-refractivity contribution in [3.05, 3.63) is 95.6 Å². The van der Waals surface area contributed by atoms with Crippen LogP contribution in [0.1, 0.15) is 68.1 Å². The van der Waals surface area contributed by atoms with E-state index in [4.69, 9.17) is 9.47 Å². The molecule has 1 unspecified atom stereocenters. The molecule has 37 heavy (non-hydrogen) atoms. The van der Waals surface area contributed by atoms with Gasteiger partial charge in [0.1, 0.15) is 11.5 Å². The lowest BCUT2D eigenvalue weighted by Crippen LogP contribution is -2.41. The Bertz CT molecular complexity index is 1050. The fraction of sp³-hybridized carbons (Fsp3) is 0.406. The van der Waals surface area contributed by atoms with Crippen LogP contribution in [0.15, 0.2) is 83.9 Å². The van der Waals surface area contributed by atoms with Crippen LogP contribution in [0.5, 0.6) is 11.5 Å². The largest absolute Gasteiger partial charge is 0.497 e. The third kappa shape index (κ3) is 7.28. The van der Waals surface area contributed by atoms with Crippen LogP contribution >= 0.6 is 12.6 Å². The van der Waals surface area contributed by atoms with Crippen LogP contribution in [0.4, 0.5) is 0 Å². The standard InChI is InChI=1S/C32H39NO3S/c1-35-29-20-16-27(17-21-29)32(26-13-9-8-10-14-26,28-18-22-30(36-2)23-19-28)31(33-25-34)15-11-6-4-3-5-7-12-24-37/h8-10,13-14,16-23,31,37H,3-7,11-12,15,24H2,1-2H3. The predicted molar refractivity (Wildman–Crippen MR) is 155 cm³/mol. The quantitative estimate of drug-likeness (QED) is 0.0693. The summed E-state index contributed by atoms with van der Waals surface area (Å²) in [5.41, 5.74) is 2.52. The molecule has 0 heterocycles. The highest BCUT2D eigenvalue weighted by atomic mass is 32.1. The molecule has 3 aromatic rings. The number of nitrogens with zero attached hydrogens (tertiary/aromatic N) is 1. The molecule has 0 aromatic heterocycles. The summed E-state index contributed by atoms with van der Waals surface area (Å²) < 4.78 is 10.9. The zero-order chi connectivity index (χ0) is 26.3. The number of hydrogen-bond acceptors (Lipinski definition) is 5. The average Bonchev–Trinajstić information content (AvgIpc) is 2.96. The van der Waals surface area contributed by atoms with Crippen LogP contribution in [0.2, 0.25) is 0 Å². The van der Waals surface area contributed by atoms with Crippen LogP contribution in [-0.2, 0) is 10.2 Å². The molecule has 0 amide bonds. The van der Waals surface area contributed by atoms with Crippen LogP contribution in [0, 0.1) is 0 Å². The Morgan fingerprint density at radius 3 is 1.62 bits per heavy atom. The lowest BCUT2D eigenvalue weighted by Gasteiger charge is -2.40. The molecule has 0 fully saturated rings. The second kappa shape index (κ2) is 15.3. The van der Waals surface area contributed by atoms with Gasteiger partial charge in [0, 0.05) is 0 Å². The molecular weight excluding hydrogens is 478 g/mol. The Hall–Kier alpha value is -3.01. The fourth-order valence-corrected chi connectivity index (χ4v) is 5.48. The lowest BCUT2D eigenvalue weighted by molar-refractivity contribution is 0.408. The van der Waals surface area contributed by atoms with Gasteiger partial charge < -0.3 is 9.47 Å². The van der Waals surface area contributed by atoms with E-state index in [2.05, 4.69) is 54.0 Å². The summed E-state index contributed by atoms with van der Waals surface area (Å²) in [5, 5.41) is 0. The van der Waals surface area contributed by atoms with Crippen molar-refractivity contribution in [3.8, 4) is 11.5 Å². The zero-order valence-electron chi connectivity index (χ0n) is 22.1. The van der Waals surface area contributed by atoms with E-state index >= 15 is 0 Å². The number of aliphatic imine (C=N–C) groups is 1. The summed E-state index contributed by atoms with van der Waals surface area (Å²) in [7, 11) is 3.34. The van der Waals surface area contributed by atoms with E-state index in [0.717, 1.165) is 53.2 Å². The van der Waals surface area contributed by atoms with Gasteiger partial charge in [0.2, 0.25) is 6.08 Å². The van der Waals surface area contributed by atoms with E-state index in [1.165, 1.54) is 32.1 Å². The minimum Gasteiger partial charge on any atom is -0.497 e. The maximum Gasteiger partial charge on any atom is 0.235 e. The van der Waals surface area contributed by atoms with E-state index < -0.39 is 5.41 Å². The first-order valence-electron chi connectivity index (χ1n) is 13.2. The minimum absolute atomic E-state index is 0.321. The van der Waals surface area contributed by atoms with E-state index in [-0.39, 0.29) is 6.04 Å². The fourth-order valence-electron chi connectivity index (χ4n) is 5.26. The van der Waals surface area contributed by atoms with E-state index in [1.54, 1.807) is 14.2 Å². The molecule has 5 heteroatoms. The first-order valence-corrected chi connectivity index (χ1v) is 13.9. The maximum absolute atomic E-state index is 11.9. The van der Waals surface area contributed by atoms with Crippen molar-refractivity contribution < 1.29 is 14.3 Å². The molecule has 0 saturated carbocycles. The number of carbonyl (C=O) groups excluding carboxylic acids is 1. The van der Waals surface area contributed by atoms with Crippen molar-refractivity contribution in [2.45, 2.75) is 62.8 Å². The summed E-state index contributed by atoms with van der Waals surface area (Å²) >= 11 is 4.31. The zero-order valence-corrected chi connectivity index (χ0v) is 23.0. The van der Waals surface area contributed by atoms with Crippen molar-refractivity contribution in [2.24, 2.45) is 4.99 Å². The summed E-state index contributed by atoms with van der Waals surface area (Å²) in [6.07, 6.45) is 10.9. The molecule has 4 nitrogen and oxygen atoms in total. The number of benzene rings is 3. The third-order valence-corrected chi connectivity index (χ3v) is 7.48. The molecule has 196 valence electrons. The molecule has 3 rings (SSSR count). The maximum atomic E-state index is 11.9. The Labute approximate surface area is 227 Å². The van der Waals surface area contributed by atoms with Gasteiger partial charge in [0.15, 0.2) is 0 Å². The molecule has 1 atom stereocenters. The number of hydrogen-bond donors (Lipinski definition) is 1. The molecule has 0 bridgehead atoms. The van der Waals surface area contributed by atoms with E-state index in [9.17, 15) is 4.79 Å². The summed E-state index contributed by atoms with van der Waals surface area (Å²) in [4.78, 5) is 16.3. The van der Waals surface area contributed by atoms with Crippen molar-refractivity contribution >= 4 is 18.7 Å². The monoisotopic (exact) mass is 517 g/mol. The Kier molecular flexibility index (Phi) is 11.8. The van der Waals surface area contributed by atoms with Crippen molar-refractivity contribution in [3.63, 3.8) is 0 Å². The molecule has 0 aliphatic carbocycles.